The topological polar surface area (TPSA) is 92.9 Å². The predicted molar refractivity (Wildman–Crippen MR) is 154 cm³/mol. The summed E-state index contributed by atoms with van der Waals surface area (Å²) in [4.78, 5) is 19.9. The van der Waals surface area contributed by atoms with Crippen molar-refractivity contribution in [3.05, 3.63) is 108 Å². The van der Waals surface area contributed by atoms with Gasteiger partial charge in [-0.1, -0.05) is 42.5 Å². The molecule has 1 saturated heterocycles. The molecule has 0 radical (unpaired) electrons. The van der Waals surface area contributed by atoms with E-state index >= 15 is 0 Å². The molecule has 1 fully saturated rings. The number of aromatic nitrogens is 5. The Labute approximate surface area is 231 Å². The van der Waals surface area contributed by atoms with E-state index in [-0.39, 0.29) is 24.4 Å². The molecule has 4 heterocycles. The molecule has 2 atom stereocenters. The summed E-state index contributed by atoms with van der Waals surface area (Å²) in [5, 5.41) is 17.2. The smallest absolute Gasteiger partial charge is 0.226 e. The predicted octanol–water partition coefficient (Wildman–Crippen LogP) is 4.56. The zero-order chi connectivity index (χ0) is 26.9. The Morgan fingerprint density at radius 2 is 1.79 bits per heavy atom. The fourth-order valence-electron chi connectivity index (χ4n) is 5.48. The van der Waals surface area contributed by atoms with Crippen LogP contribution in [0.1, 0.15) is 41.1 Å². The van der Waals surface area contributed by atoms with Gasteiger partial charge in [-0.15, -0.1) is 10.2 Å². The molecule has 1 aliphatic rings. The van der Waals surface area contributed by atoms with E-state index in [4.69, 9.17) is 12.2 Å². The van der Waals surface area contributed by atoms with Crippen LogP contribution in [-0.4, -0.2) is 47.0 Å². The molecule has 0 spiro atoms. The molecule has 1 aliphatic heterocycles. The second-order valence-electron chi connectivity index (χ2n) is 9.63. The first-order valence-electron chi connectivity index (χ1n) is 12.8. The Bertz CT molecular complexity index is 1640. The molecule has 10 heteroatoms. The highest BCUT2D eigenvalue weighted by Crippen LogP contribution is 2.41. The highest BCUT2D eigenvalue weighted by Gasteiger charge is 2.41. The molecule has 196 valence electrons. The lowest BCUT2D eigenvalue weighted by atomic mass is 9.96. The van der Waals surface area contributed by atoms with Crippen LogP contribution in [-0.2, 0) is 4.79 Å². The molecule has 0 unspecified atom stereocenters. The van der Waals surface area contributed by atoms with Gasteiger partial charge in [0.15, 0.2) is 5.11 Å². The fraction of sp³-hybridized carbons (Fsp3) is 0.207. The van der Waals surface area contributed by atoms with Gasteiger partial charge < -0.3 is 15.5 Å². The lowest BCUT2D eigenvalue weighted by Crippen LogP contribution is -2.33. The third-order valence-electron chi connectivity index (χ3n) is 7.23. The number of nitrogens with one attached hydrogen (secondary N) is 2. The first kappa shape index (κ1) is 24.7. The van der Waals surface area contributed by atoms with Gasteiger partial charge in [0.2, 0.25) is 5.91 Å². The van der Waals surface area contributed by atoms with Crippen molar-refractivity contribution < 1.29 is 4.79 Å². The summed E-state index contributed by atoms with van der Waals surface area (Å²) in [5.41, 5.74) is 4.87. The van der Waals surface area contributed by atoms with Crippen LogP contribution in [0.5, 0.6) is 0 Å². The maximum Gasteiger partial charge on any atom is 0.226 e. The molecule has 3 aromatic heterocycles. The second-order valence-corrected chi connectivity index (χ2v) is 10.0. The number of benzene rings is 2. The van der Waals surface area contributed by atoms with Gasteiger partial charge in [0, 0.05) is 47.2 Å². The van der Waals surface area contributed by atoms with E-state index in [9.17, 15) is 4.79 Å². The number of rotatable bonds is 7. The first-order valence-corrected chi connectivity index (χ1v) is 13.2. The number of carbonyl (C=O) groups excluding carboxylic acids is 1. The van der Waals surface area contributed by atoms with Crippen molar-refractivity contribution in [1.29, 1.82) is 0 Å². The van der Waals surface area contributed by atoms with Crippen LogP contribution in [0.15, 0.2) is 85.6 Å². The summed E-state index contributed by atoms with van der Waals surface area (Å²) in [7, 11) is 0. The van der Waals surface area contributed by atoms with Gasteiger partial charge in [-0.3, -0.25) is 14.5 Å². The lowest BCUT2D eigenvalue weighted by molar-refractivity contribution is -0.116. The average Bonchev–Trinajstić information content (AvgIpc) is 3.66. The summed E-state index contributed by atoms with van der Waals surface area (Å²) >= 11 is 5.83. The Kier molecular flexibility index (Phi) is 6.54. The van der Waals surface area contributed by atoms with Crippen LogP contribution >= 0.6 is 12.2 Å². The Morgan fingerprint density at radius 1 is 1.03 bits per heavy atom. The summed E-state index contributed by atoms with van der Waals surface area (Å²) in [6.07, 6.45) is 5.42. The summed E-state index contributed by atoms with van der Waals surface area (Å²) in [6.45, 7) is 4.58. The van der Waals surface area contributed by atoms with Crippen LogP contribution in [0.4, 0.5) is 5.69 Å². The van der Waals surface area contributed by atoms with E-state index in [0.717, 1.165) is 39.1 Å². The van der Waals surface area contributed by atoms with Crippen molar-refractivity contribution in [3.8, 4) is 0 Å². The maximum absolute atomic E-state index is 13.2. The fourth-order valence-corrected chi connectivity index (χ4v) is 5.82. The molecule has 0 aliphatic carbocycles. The number of fused-ring (bicyclic) bond motifs is 1. The van der Waals surface area contributed by atoms with Crippen molar-refractivity contribution in [2.75, 3.05) is 11.9 Å². The van der Waals surface area contributed by atoms with Crippen LogP contribution in [0, 0.1) is 13.8 Å². The monoisotopic (exact) mass is 536 g/mol. The SMILES string of the molecule is Cc1cc([C@H]2[C@H](c3ccccn3)NC(=S)N2CCC(=O)Nc2cccc3ccccc23)c(C)n1-n1cnnc1. The van der Waals surface area contributed by atoms with Crippen LogP contribution in [0.3, 0.4) is 0 Å². The molecule has 2 N–H and O–H groups in total. The minimum absolute atomic E-state index is 0.0656. The number of pyridine rings is 1. The number of thiocarbonyl (C=S) groups is 1. The normalized spacial score (nSPS) is 17.0. The summed E-state index contributed by atoms with van der Waals surface area (Å²) in [5.74, 6) is -0.0656. The van der Waals surface area contributed by atoms with Gasteiger partial charge in [0.25, 0.3) is 0 Å². The quantitative estimate of drug-likeness (QED) is 0.295. The third kappa shape index (κ3) is 4.63. The van der Waals surface area contributed by atoms with Crippen molar-refractivity contribution in [2.45, 2.75) is 32.4 Å². The third-order valence-corrected chi connectivity index (χ3v) is 7.58. The van der Waals surface area contributed by atoms with Crippen LogP contribution < -0.4 is 10.6 Å². The van der Waals surface area contributed by atoms with E-state index in [0.29, 0.717) is 11.7 Å². The molecule has 9 nitrogen and oxygen atoms in total. The van der Waals surface area contributed by atoms with Gasteiger partial charge in [0.05, 0.1) is 17.8 Å². The standard InChI is InChI=1S/C29H28N8OS/c1-19-16-23(20(2)37(19)35-17-31-32-18-35)28-27(25-11-5-6-14-30-25)34-29(39)36(28)15-13-26(38)33-24-12-7-9-21-8-3-4-10-22(21)24/h3-12,14,16-18,27-28H,13,15H2,1-2H3,(H,33,38)(H,34,39)/t27-,28-/m0/s1. The highest BCUT2D eigenvalue weighted by molar-refractivity contribution is 7.80. The molecule has 39 heavy (non-hydrogen) atoms. The Hall–Kier alpha value is -4.57. The highest BCUT2D eigenvalue weighted by atomic mass is 32.1. The van der Waals surface area contributed by atoms with E-state index < -0.39 is 0 Å². The maximum atomic E-state index is 13.2. The lowest BCUT2D eigenvalue weighted by Gasteiger charge is -2.28. The van der Waals surface area contributed by atoms with Crippen molar-refractivity contribution in [1.82, 2.24) is 34.8 Å². The Morgan fingerprint density at radius 3 is 2.59 bits per heavy atom. The summed E-state index contributed by atoms with van der Waals surface area (Å²) in [6, 6.07) is 21.7. The van der Waals surface area contributed by atoms with E-state index in [2.05, 4.69) is 55.3 Å². The number of hydrogen-bond acceptors (Lipinski definition) is 5. The van der Waals surface area contributed by atoms with Crippen molar-refractivity contribution in [3.63, 3.8) is 0 Å². The number of aryl methyl sites for hydroxylation is 1. The Balaban J connectivity index is 1.30. The molecular formula is C29H28N8OS. The number of anilines is 1. The van der Waals surface area contributed by atoms with Crippen LogP contribution in [0.25, 0.3) is 10.8 Å². The molecule has 6 rings (SSSR count). The molecular weight excluding hydrogens is 508 g/mol. The average molecular weight is 537 g/mol. The number of hydrogen-bond donors (Lipinski definition) is 2. The molecule has 0 saturated carbocycles. The van der Waals surface area contributed by atoms with Gasteiger partial charge in [-0.05, 0) is 55.7 Å². The number of carbonyl (C=O) groups is 1. The van der Waals surface area contributed by atoms with E-state index in [1.165, 1.54) is 0 Å². The zero-order valence-electron chi connectivity index (χ0n) is 21.7. The van der Waals surface area contributed by atoms with Gasteiger partial charge in [0.1, 0.15) is 12.7 Å². The second kappa shape index (κ2) is 10.3. The van der Waals surface area contributed by atoms with Crippen LogP contribution in [0.2, 0.25) is 0 Å². The minimum Gasteiger partial charge on any atom is -0.352 e. The van der Waals surface area contributed by atoms with Crippen molar-refractivity contribution >= 4 is 39.7 Å². The van der Waals surface area contributed by atoms with E-state index in [1.54, 1.807) is 18.9 Å². The first-order chi connectivity index (χ1) is 19.0. The molecule has 0 bridgehead atoms. The van der Waals surface area contributed by atoms with Gasteiger partial charge in [-0.25, -0.2) is 4.68 Å². The summed E-state index contributed by atoms with van der Waals surface area (Å²) < 4.78 is 3.92. The van der Waals surface area contributed by atoms with Crippen molar-refractivity contribution in [2.24, 2.45) is 0 Å². The minimum atomic E-state index is -0.172. The van der Waals surface area contributed by atoms with Gasteiger partial charge in [-0.2, -0.15) is 0 Å². The zero-order valence-corrected chi connectivity index (χ0v) is 22.5. The number of nitrogens with zero attached hydrogens (tertiary/aromatic N) is 6. The molecule has 1 amide bonds. The molecule has 2 aromatic carbocycles. The van der Waals surface area contributed by atoms with Gasteiger partial charge >= 0.3 is 0 Å². The largest absolute Gasteiger partial charge is 0.352 e. The number of amides is 1. The molecule has 5 aromatic rings. The van der Waals surface area contributed by atoms with E-state index in [1.807, 2.05) is 65.3 Å².